The number of nitrogens with two attached hydrogens (primary N) is 1. The molecule has 1 aliphatic rings. The number of alkyl halides is 3. The van der Waals surface area contributed by atoms with Crippen molar-refractivity contribution >= 4 is 0 Å². The molecular weight excluding hydrogens is 207 g/mol. The van der Waals surface area contributed by atoms with E-state index < -0.39 is 12.8 Å². The maximum Gasteiger partial charge on any atom is 0.411 e. The summed E-state index contributed by atoms with van der Waals surface area (Å²) in [4.78, 5) is 0. The number of hydrogen-bond donors (Lipinski definition) is 1. The minimum atomic E-state index is -4.22. The van der Waals surface area contributed by atoms with E-state index in [4.69, 9.17) is 5.73 Å². The highest BCUT2D eigenvalue weighted by molar-refractivity contribution is 4.94. The van der Waals surface area contributed by atoms with E-state index in [-0.39, 0.29) is 12.1 Å². The van der Waals surface area contributed by atoms with Gasteiger partial charge in [-0.05, 0) is 38.5 Å². The molecule has 0 saturated heterocycles. The zero-order valence-corrected chi connectivity index (χ0v) is 8.94. The summed E-state index contributed by atoms with van der Waals surface area (Å²) < 4.78 is 39.6. The van der Waals surface area contributed by atoms with Crippen molar-refractivity contribution in [2.75, 3.05) is 13.2 Å². The third kappa shape index (κ3) is 5.37. The number of hydrogen-bond acceptors (Lipinski definition) is 2. The van der Waals surface area contributed by atoms with Crippen molar-refractivity contribution < 1.29 is 17.9 Å². The van der Waals surface area contributed by atoms with Crippen LogP contribution in [0.1, 0.15) is 32.6 Å². The second-order valence-electron chi connectivity index (χ2n) is 4.55. The van der Waals surface area contributed by atoms with E-state index >= 15 is 0 Å². The maximum atomic E-state index is 11.7. The van der Waals surface area contributed by atoms with E-state index in [9.17, 15) is 13.2 Å². The van der Waals surface area contributed by atoms with Gasteiger partial charge in [-0.15, -0.1) is 0 Å². The molecule has 1 aliphatic carbocycles. The van der Waals surface area contributed by atoms with Crippen LogP contribution in [0.25, 0.3) is 0 Å². The van der Waals surface area contributed by atoms with Crippen molar-refractivity contribution in [2.45, 2.75) is 44.3 Å². The summed E-state index contributed by atoms with van der Waals surface area (Å²) in [5, 5.41) is 0. The third-order valence-corrected chi connectivity index (χ3v) is 2.78. The fraction of sp³-hybridized carbons (Fsp3) is 1.00. The molecule has 0 aromatic heterocycles. The Balaban J connectivity index is 2.01. The van der Waals surface area contributed by atoms with Gasteiger partial charge in [0.25, 0.3) is 0 Å². The largest absolute Gasteiger partial charge is 0.411 e. The Morgan fingerprint density at radius 3 is 2.40 bits per heavy atom. The van der Waals surface area contributed by atoms with Crippen LogP contribution in [0.2, 0.25) is 0 Å². The van der Waals surface area contributed by atoms with Crippen molar-refractivity contribution in [3.8, 4) is 0 Å². The zero-order valence-electron chi connectivity index (χ0n) is 8.94. The van der Waals surface area contributed by atoms with Crippen LogP contribution in [-0.2, 0) is 4.74 Å². The molecule has 0 heterocycles. The highest BCUT2D eigenvalue weighted by Gasteiger charge is 2.37. The Hall–Kier alpha value is -0.290. The molecule has 0 aliphatic heterocycles. The van der Waals surface area contributed by atoms with E-state index in [1.165, 1.54) is 0 Å². The van der Waals surface area contributed by atoms with Gasteiger partial charge < -0.3 is 10.5 Å². The van der Waals surface area contributed by atoms with Crippen LogP contribution in [0.15, 0.2) is 0 Å². The summed E-state index contributed by atoms with van der Waals surface area (Å²) >= 11 is 0. The molecule has 2 nitrogen and oxygen atoms in total. The Kier molecular flexibility index (Phi) is 4.00. The first-order valence-electron chi connectivity index (χ1n) is 5.25. The zero-order chi connectivity index (χ0) is 11.5. The average Bonchev–Trinajstić information content (AvgIpc) is 2.82. The fourth-order valence-corrected chi connectivity index (χ4v) is 1.69. The van der Waals surface area contributed by atoms with Crippen LogP contribution in [0.4, 0.5) is 13.2 Å². The molecule has 0 aromatic carbocycles. The molecular formula is C10H18F3NO. The second kappa shape index (κ2) is 4.70. The second-order valence-corrected chi connectivity index (χ2v) is 4.55. The van der Waals surface area contributed by atoms with Gasteiger partial charge in [0.2, 0.25) is 0 Å². The van der Waals surface area contributed by atoms with Gasteiger partial charge >= 0.3 is 6.18 Å². The molecule has 1 fully saturated rings. The maximum absolute atomic E-state index is 11.7. The summed E-state index contributed by atoms with van der Waals surface area (Å²) in [7, 11) is 0. The lowest BCUT2D eigenvalue weighted by Gasteiger charge is -2.24. The van der Waals surface area contributed by atoms with Crippen LogP contribution in [0, 0.1) is 5.92 Å². The van der Waals surface area contributed by atoms with Gasteiger partial charge in [-0.25, -0.2) is 0 Å². The summed E-state index contributed by atoms with van der Waals surface area (Å²) in [6, 6.07) is 0. The minimum absolute atomic E-state index is 0.138. The van der Waals surface area contributed by atoms with Crippen molar-refractivity contribution in [1.29, 1.82) is 0 Å². The fourth-order valence-electron chi connectivity index (χ4n) is 1.69. The van der Waals surface area contributed by atoms with Crippen LogP contribution >= 0.6 is 0 Å². The molecule has 0 bridgehead atoms. The molecule has 1 unspecified atom stereocenters. The molecule has 0 spiro atoms. The number of ether oxygens (including phenoxy) is 1. The summed E-state index contributed by atoms with van der Waals surface area (Å²) in [6.45, 7) is 0.950. The summed E-state index contributed by atoms with van der Waals surface area (Å²) in [5.74, 6) is 0.556. The topological polar surface area (TPSA) is 35.2 Å². The lowest BCUT2D eigenvalue weighted by Crippen LogP contribution is -2.38. The molecule has 1 rings (SSSR count). The Morgan fingerprint density at radius 2 is 1.93 bits per heavy atom. The first kappa shape index (κ1) is 12.8. The standard InChI is InChI=1S/C10H18F3NO/c1-9(14,8-3-4-8)5-2-6-15-7-10(11,12)13/h8H,2-7,14H2,1H3. The van der Waals surface area contributed by atoms with Gasteiger partial charge in [0.1, 0.15) is 6.61 Å². The van der Waals surface area contributed by atoms with Gasteiger partial charge in [0.05, 0.1) is 0 Å². The van der Waals surface area contributed by atoms with E-state index in [0.29, 0.717) is 12.3 Å². The molecule has 2 N–H and O–H groups in total. The molecule has 0 radical (unpaired) electrons. The van der Waals surface area contributed by atoms with Gasteiger partial charge in [-0.2, -0.15) is 13.2 Å². The molecule has 0 aromatic rings. The van der Waals surface area contributed by atoms with Gasteiger partial charge in [0.15, 0.2) is 0 Å². The Bertz CT molecular complexity index is 199. The first-order chi connectivity index (χ1) is 6.81. The van der Waals surface area contributed by atoms with Crippen LogP contribution in [-0.4, -0.2) is 24.9 Å². The third-order valence-electron chi connectivity index (χ3n) is 2.78. The molecule has 1 atom stereocenters. The van der Waals surface area contributed by atoms with Gasteiger partial charge in [-0.1, -0.05) is 0 Å². The van der Waals surface area contributed by atoms with E-state index in [0.717, 1.165) is 19.3 Å². The number of halogens is 3. The van der Waals surface area contributed by atoms with Crippen molar-refractivity contribution in [1.82, 2.24) is 0 Å². The average molecular weight is 225 g/mol. The van der Waals surface area contributed by atoms with Crippen molar-refractivity contribution in [2.24, 2.45) is 11.7 Å². The molecule has 90 valence electrons. The monoisotopic (exact) mass is 225 g/mol. The predicted octanol–water partition coefficient (Wildman–Crippen LogP) is 2.47. The van der Waals surface area contributed by atoms with E-state index in [1.54, 1.807) is 0 Å². The van der Waals surface area contributed by atoms with E-state index in [2.05, 4.69) is 4.74 Å². The summed E-state index contributed by atoms with van der Waals surface area (Å²) in [5.41, 5.74) is 5.79. The molecule has 0 amide bonds. The van der Waals surface area contributed by atoms with Gasteiger partial charge in [0, 0.05) is 12.1 Å². The van der Waals surface area contributed by atoms with Crippen molar-refractivity contribution in [3.63, 3.8) is 0 Å². The van der Waals surface area contributed by atoms with Gasteiger partial charge in [-0.3, -0.25) is 0 Å². The first-order valence-corrected chi connectivity index (χ1v) is 5.25. The number of rotatable bonds is 6. The molecule has 15 heavy (non-hydrogen) atoms. The summed E-state index contributed by atoms with van der Waals surface area (Å²) in [6.07, 6.45) is -0.593. The lowest BCUT2D eigenvalue weighted by atomic mass is 9.92. The van der Waals surface area contributed by atoms with Crippen molar-refractivity contribution in [3.05, 3.63) is 0 Å². The Labute approximate surface area is 88.0 Å². The highest BCUT2D eigenvalue weighted by atomic mass is 19.4. The molecule has 1 saturated carbocycles. The normalized spacial score (nSPS) is 21.4. The molecule has 5 heteroatoms. The van der Waals surface area contributed by atoms with E-state index in [1.807, 2.05) is 6.92 Å². The van der Waals surface area contributed by atoms with Crippen LogP contribution in [0.3, 0.4) is 0 Å². The lowest BCUT2D eigenvalue weighted by molar-refractivity contribution is -0.174. The SMILES string of the molecule is CC(N)(CCCOCC(F)(F)F)C1CC1. The highest BCUT2D eigenvalue weighted by Crippen LogP contribution is 2.40. The van der Waals surface area contributed by atoms with Crippen LogP contribution in [0.5, 0.6) is 0 Å². The minimum Gasteiger partial charge on any atom is -0.372 e. The van der Waals surface area contributed by atoms with Crippen LogP contribution < -0.4 is 5.73 Å². The smallest absolute Gasteiger partial charge is 0.372 e. The quantitative estimate of drug-likeness (QED) is 0.705. The predicted molar refractivity (Wildman–Crippen MR) is 51.4 cm³/mol. The Morgan fingerprint density at radius 1 is 1.33 bits per heavy atom.